The molecular formula is C10H18O. The van der Waals surface area contributed by atoms with Crippen molar-refractivity contribution in [1.82, 2.24) is 0 Å². The molecule has 0 heterocycles. The SMILES string of the molecule is C#C[C@H](O)CCCCCCC. The van der Waals surface area contributed by atoms with Crippen molar-refractivity contribution in [3.63, 3.8) is 0 Å². The van der Waals surface area contributed by atoms with Crippen LogP contribution in [0.1, 0.15) is 45.4 Å². The van der Waals surface area contributed by atoms with E-state index >= 15 is 0 Å². The smallest absolute Gasteiger partial charge is 0.114 e. The van der Waals surface area contributed by atoms with Crippen molar-refractivity contribution in [3.8, 4) is 12.3 Å². The Hall–Kier alpha value is -0.480. The second-order valence-corrected chi connectivity index (χ2v) is 2.89. The number of terminal acetylenes is 1. The van der Waals surface area contributed by atoms with Crippen molar-refractivity contribution in [1.29, 1.82) is 0 Å². The van der Waals surface area contributed by atoms with E-state index in [2.05, 4.69) is 12.8 Å². The van der Waals surface area contributed by atoms with Gasteiger partial charge in [-0.05, 0) is 12.8 Å². The zero-order valence-electron chi connectivity index (χ0n) is 7.34. The molecule has 0 aliphatic rings. The highest BCUT2D eigenvalue weighted by molar-refractivity contribution is 4.92. The summed E-state index contributed by atoms with van der Waals surface area (Å²) in [7, 11) is 0. The molecule has 0 fully saturated rings. The number of hydrogen-bond donors (Lipinski definition) is 1. The third kappa shape index (κ3) is 7.42. The molecule has 0 rings (SSSR count). The zero-order chi connectivity index (χ0) is 8.53. The van der Waals surface area contributed by atoms with Crippen LogP contribution >= 0.6 is 0 Å². The minimum atomic E-state index is -0.517. The molecule has 0 aromatic carbocycles. The predicted octanol–water partition coefficient (Wildman–Crippen LogP) is 2.34. The fraction of sp³-hybridized carbons (Fsp3) is 0.800. The van der Waals surface area contributed by atoms with E-state index in [0.29, 0.717) is 0 Å². The highest BCUT2D eigenvalue weighted by Gasteiger charge is 1.96. The summed E-state index contributed by atoms with van der Waals surface area (Å²) < 4.78 is 0. The molecule has 11 heavy (non-hydrogen) atoms. The Labute approximate surface area is 69.8 Å². The summed E-state index contributed by atoms with van der Waals surface area (Å²) in [5.74, 6) is 2.31. The molecule has 0 aromatic heterocycles. The monoisotopic (exact) mass is 154 g/mol. The standard InChI is InChI=1S/C10H18O/c1-3-5-6-7-8-9-10(11)4-2/h2,10-11H,3,5-9H2,1H3/t10-/m0/s1. The van der Waals surface area contributed by atoms with Gasteiger partial charge in [-0.2, -0.15) is 0 Å². The zero-order valence-corrected chi connectivity index (χ0v) is 7.34. The Morgan fingerprint density at radius 1 is 1.27 bits per heavy atom. The highest BCUT2D eigenvalue weighted by Crippen LogP contribution is 2.06. The van der Waals surface area contributed by atoms with E-state index in [-0.39, 0.29) is 0 Å². The predicted molar refractivity (Wildman–Crippen MR) is 48.2 cm³/mol. The molecule has 0 aliphatic carbocycles. The maximum absolute atomic E-state index is 8.98. The molecule has 1 heteroatoms. The van der Waals surface area contributed by atoms with Crippen LogP contribution in [0, 0.1) is 12.3 Å². The van der Waals surface area contributed by atoms with Crippen molar-refractivity contribution in [2.24, 2.45) is 0 Å². The summed E-state index contributed by atoms with van der Waals surface area (Å²) in [4.78, 5) is 0. The van der Waals surface area contributed by atoms with Gasteiger partial charge in [-0.1, -0.05) is 38.5 Å². The van der Waals surface area contributed by atoms with E-state index in [9.17, 15) is 0 Å². The molecule has 0 aromatic rings. The molecule has 1 atom stereocenters. The summed E-state index contributed by atoms with van der Waals surface area (Å²) in [6, 6.07) is 0. The average Bonchev–Trinajstić information content (AvgIpc) is 2.04. The summed E-state index contributed by atoms with van der Waals surface area (Å²) in [6.07, 6.45) is 11.4. The Kier molecular flexibility index (Phi) is 7.29. The molecule has 1 N–H and O–H groups in total. The third-order valence-electron chi connectivity index (χ3n) is 1.77. The van der Waals surface area contributed by atoms with Crippen LogP contribution in [-0.4, -0.2) is 11.2 Å². The van der Waals surface area contributed by atoms with E-state index in [0.717, 1.165) is 12.8 Å². The molecule has 0 spiro atoms. The number of rotatable bonds is 6. The maximum Gasteiger partial charge on any atom is 0.114 e. The van der Waals surface area contributed by atoms with Gasteiger partial charge in [0.1, 0.15) is 6.10 Å². The van der Waals surface area contributed by atoms with E-state index < -0.39 is 6.10 Å². The van der Waals surface area contributed by atoms with E-state index in [1.165, 1.54) is 25.7 Å². The van der Waals surface area contributed by atoms with Gasteiger partial charge in [-0.25, -0.2) is 0 Å². The highest BCUT2D eigenvalue weighted by atomic mass is 16.3. The molecule has 0 radical (unpaired) electrons. The topological polar surface area (TPSA) is 20.2 Å². The lowest BCUT2D eigenvalue weighted by Crippen LogP contribution is -2.01. The van der Waals surface area contributed by atoms with Crippen molar-refractivity contribution in [3.05, 3.63) is 0 Å². The van der Waals surface area contributed by atoms with Gasteiger partial charge >= 0.3 is 0 Å². The molecule has 0 amide bonds. The van der Waals surface area contributed by atoms with Gasteiger partial charge in [-0.3, -0.25) is 0 Å². The summed E-state index contributed by atoms with van der Waals surface area (Å²) in [5.41, 5.74) is 0. The van der Waals surface area contributed by atoms with Crippen LogP contribution in [0.3, 0.4) is 0 Å². The summed E-state index contributed by atoms with van der Waals surface area (Å²) in [5, 5.41) is 8.98. The number of unbranched alkanes of at least 4 members (excludes halogenated alkanes) is 4. The van der Waals surface area contributed by atoms with Crippen LogP contribution in [0.5, 0.6) is 0 Å². The average molecular weight is 154 g/mol. The van der Waals surface area contributed by atoms with Crippen molar-refractivity contribution < 1.29 is 5.11 Å². The molecule has 64 valence electrons. The molecule has 0 aliphatic heterocycles. The Morgan fingerprint density at radius 2 is 1.91 bits per heavy atom. The summed E-state index contributed by atoms with van der Waals surface area (Å²) in [6.45, 7) is 2.19. The second kappa shape index (κ2) is 7.63. The first-order valence-corrected chi connectivity index (χ1v) is 4.45. The molecule has 0 saturated heterocycles. The molecule has 0 bridgehead atoms. The normalized spacial score (nSPS) is 12.5. The van der Waals surface area contributed by atoms with Crippen LogP contribution in [-0.2, 0) is 0 Å². The minimum absolute atomic E-state index is 0.517. The van der Waals surface area contributed by atoms with Crippen LogP contribution in [0.15, 0.2) is 0 Å². The van der Waals surface area contributed by atoms with Gasteiger partial charge in [0.15, 0.2) is 0 Å². The first-order valence-electron chi connectivity index (χ1n) is 4.45. The van der Waals surface area contributed by atoms with Gasteiger partial charge in [-0.15, -0.1) is 6.42 Å². The lowest BCUT2D eigenvalue weighted by molar-refractivity contribution is 0.217. The molecule has 0 unspecified atom stereocenters. The van der Waals surface area contributed by atoms with Crippen LogP contribution in [0.4, 0.5) is 0 Å². The fourth-order valence-corrected chi connectivity index (χ4v) is 1.02. The van der Waals surface area contributed by atoms with Gasteiger partial charge in [0.2, 0.25) is 0 Å². The van der Waals surface area contributed by atoms with E-state index in [4.69, 9.17) is 11.5 Å². The second-order valence-electron chi connectivity index (χ2n) is 2.89. The van der Waals surface area contributed by atoms with Crippen LogP contribution in [0.2, 0.25) is 0 Å². The lowest BCUT2D eigenvalue weighted by atomic mass is 10.1. The van der Waals surface area contributed by atoms with Gasteiger partial charge in [0.25, 0.3) is 0 Å². The minimum Gasteiger partial charge on any atom is -0.380 e. The van der Waals surface area contributed by atoms with Crippen molar-refractivity contribution >= 4 is 0 Å². The van der Waals surface area contributed by atoms with Gasteiger partial charge < -0.3 is 5.11 Å². The maximum atomic E-state index is 8.98. The van der Waals surface area contributed by atoms with E-state index in [1.54, 1.807) is 0 Å². The molecular weight excluding hydrogens is 136 g/mol. The fourth-order valence-electron chi connectivity index (χ4n) is 1.02. The van der Waals surface area contributed by atoms with Crippen molar-refractivity contribution in [2.75, 3.05) is 0 Å². The lowest BCUT2D eigenvalue weighted by Gasteiger charge is -2.01. The molecule has 1 nitrogen and oxygen atoms in total. The first-order chi connectivity index (χ1) is 5.31. The number of aliphatic hydroxyl groups excluding tert-OH is 1. The first kappa shape index (κ1) is 10.5. The van der Waals surface area contributed by atoms with Gasteiger partial charge in [0.05, 0.1) is 0 Å². The van der Waals surface area contributed by atoms with Crippen LogP contribution in [0.25, 0.3) is 0 Å². The Balaban J connectivity index is 2.97. The van der Waals surface area contributed by atoms with Crippen molar-refractivity contribution in [2.45, 2.75) is 51.6 Å². The van der Waals surface area contributed by atoms with Gasteiger partial charge in [0, 0.05) is 0 Å². The third-order valence-corrected chi connectivity index (χ3v) is 1.77. The number of hydrogen-bond acceptors (Lipinski definition) is 1. The largest absolute Gasteiger partial charge is 0.380 e. The quantitative estimate of drug-likeness (QED) is 0.460. The Morgan fingerprint density at radius 3 is 2.45 bits per heavy atom. The molecule has 0 saturated carbocycles. The number of aliphatic hydroxyl groups is 1. The Bertz CT molecular complexity index is 113. The summed E-state index contributed by atoms with van der Waals surface area (Å²) >= 11 is 0. The van der Waals surface area contributed by atoms with E-state index in [1.807, 2.05) is 0 Å². The van der Waals surface area contributed by atoms with Crippen LogP contribution < -0.4 is 0 Å².